The van der Waals surface area contributed by atoms with Crippen LogP contribution in [0.1, 0.15) is 42.9 Å². The molecule has 0 aromatic heterocycles. The predicted octanol–water partition coefficient (Wildman–Crippen LogP) is 2.70. The Morgan fingerprint density at radius 1 is 1.27 bits per heavy atom. The Labute approximate surface area is 155 Å². The van der Waals surface area contributed by atoms with Crippen molar-refractivity contribution in [2.24, 2.45) is 5.41 Å². The number of carbonyl (C=O) groups is 1. The number of hydrogen-bond donors (Lipinski definition) is 1. The van der Waals surface area contributed by atoms with Gasteiger partial charge in [0.1, 0.15) is 5.75 Å². The Morgan fingerprint density at radius 3 is 2.73 bits per heavy atom. The molecule has 26 heavy (non-hydrogen) atoms. The Kier molecular flexibility index (Phi) is 4.70. The van der Waals surface area contributed by atoms with Crippen molar-refractivity contribution < 1.29 is 19.0 Å². The molecular weight excluding hydrogens is 330 g/mol. The minimum atomic E-state index is -0.422. The first kappa shape index (κ1) is 17.8. The molecule has 1 spiro atoms. The second kappa shape index (κ2) is 6.86. The fourth-order valence-electron chi connectivity index (χ4n) is 4.73. The van der Waals surface area contributed by atoms with Gasteiger partial charge < -0.3 is 19.5 Å². The molecule has 0 unspecified atom stereocenters. The van der Waals surface area contributed by atoms with E-state index in [-0.39, 0.29) is 23.5 Å². The summed E-state index contributed by atoms with van der Waals surface area (Å²) < 4.78 is 17.5. The molecule has 2 fully saturated rings. The van der Waals surface area contributed by atoms with Crippen molar-refractivity contribution >= 4 is 5.91 Å². The van der Waals surface area contributed by atoms with Gasteiger partial charge in [-0.05, 0) is 62.8 Å². The molecule has 5 nitrogen and oxygen atoms in total. The topological polar surface area (TPSA) is 56.8 Å². The maximum absolute atomic E-state index is 12.9. The van der Waals surface area contributed by atoms with Crippen molar-refractivity contribution in [1.82, 2.24) is 5.32 Å². The van der Waals surface area contributed by atoms with Crippen LogP contribution >= 0.6 is 0 Å². The van der Waals surface area contributed by atoms with Crippen LogP contribution in [0.3, 0.4) is 0 Å². The first-order valence-corrected chi connectivity index (χ1v) is 9.80. The van der Waals surface area contributed by atoms with Crippen molar-refractivity contribution in [3.63, 3.8) is 0 Å². The summed E-state index contributed by atoms with van der Waals surface area (Å²) in [4.78, 5) is 12.9. The van der Waals surface area contributed by atoms with Gasteiger partial charge in [0.2, 0.25) is 0 Å². The van der Waals surface area contributed by atoms with Gasteiger partial charge in [0.25, 0.3) is 5.91 Å². The van der Waals surface area contributed by atoms with Gasteiger partial charge in [0.15, 0.2) is 6.10 Å². The van der Waals surface area contributed by atoms with E-state index < -0.39 is 6.10 Å². The summed E-state index contributed by atoms with van der Waals surface area (Å²) in [7, 11) is 0. The number of aryl methyl sites for hydroxylation is 2. The standard InChI is InChI=1S/C21H29NO4/c1-4-25-19-12-18(21(19)5-7-24-8-6-21)22-20(23)17-11-15-9-13(2)14(3)10-16(15)26-17/h9-10,17-19H,4-8,11-12H2,1-3H3,(H,22,23)/t17-,18-,19-/m1/s1. The van der Waals surface area contributed by atoms with Crippen LogP contribution in [-0.4, -0.2) is 44.0 Å². The normalized spacial score (nSPS) is 29.0. The molecule has 1 saturated heterocycles. The molecule has 0 radical (unpaired) electrons. The summed E-state index contributed by atoms with van der Waals surface area (Å²) in [6.45, 7) is 8.42. The van der Waals surface area contributed by atoms with Crippen LogP contribution in [0.4, 0.5) is 0 Å². The van der Waals surface area contributed by atoms with E-state index in [1.165, 1.54) is 11.1 Å². The van der Waals surface area contributed by atoms with E-state index in [4.69, 9.17) is 14.2 Å². The van der Waals surface area contributed by atoms with Gasteiger partial charge in [0, 0.05) is 37.7 Å². The Bertz CT molecular complexity index is 664. The minimum absolute atomic E-state index is 0.00215. The molecule has 142 valence electrons. The molecule has 1 aromatic carbocycles. The number of amides is 1. The monoisotopic (exact) mass is 359 g/mol. The number of ether oxygens (including phenoxy) is 3. The van der Waals surface area contributed by atoms with Crippen molar-refractivity contribution in [2.75, 3.05) is 19.8 Å². The van der Waals surface area contributed by atoms with Crippen molar-refractivity contribution in [1.29, 1.82) is 0 Å². The maximum atomic E-state index is 12.9. The van der Waals surface area contributed by atoms with E-state index in [0.29, 0.717) is 13.0 Å². The third-order valence-electron chi connectivity index (χ3n) is 6.54. The maximum Gasteiger partial charge on any atom is 0.261 e. The lowest BCUT2D eigenvalue weighted by atomic mass is 9.57. The van der Waals surface area contributed by atoms with Crippen LogP contribution in [0.15, 0.2) is 12.1 Å². The molecule has 2 aliphatic heterocycles. The number of benzene rings is 1. The highest BCUT2D eigenvalue weighted by atomic mass is 16.5. The zero-order chi connectivity index (χ0) is 18.3. The number of fused-ring (bicyclic) bond motifs is 1. The second-order valence-corrected chi connectivity index (χ2v) is 7.94. The fourth-order valence-corrected chi connectivity index (χ4v) is 4.73. The lowest BCUT2D eigenvalue weighted by molar-refractivity contribution is -0.177. The van der Waals surface area contributed by atoms with Gasteiger partial charge in [-0.3, -0.25) is 4.79 Å². The van der Waals surface area contributed by atoms with E-state index in [2.05, 4.69) is 25.2 Å². The molecular formula is C21H29NO4. The third kappa shape index (κ3) is 2.91. The number of hydrogen-bond acceptors (Lipinski definition) is 4. The Hall–Kier alpha value is -1.59. The average molecular weight is 359 g/mol. The lowest BCUT2D eigenvalue weighted by Crippen LogP contribution is -2.67. The van der Waals surface area contributed by atoms with E-state index in [0.717, 1.165) is 43.8 Å². The van der Waals surface area contributed by atoms with Crippen molar-refractivity contribution in [2.45, 2.75) is 64.7 Å². The molecule has 4 rings (SSSR count). The van der Waals surface area contributed by atoms with Gasteiger partial charge in [0.05, 0.1) is 6.10 Å². The largest absolute Gasteiger partial charge is 0.480 e. The molecule has 3 atom stereocenters. The molecule has 3 aliphatic rings. The van der Waals surface area contributed by atoms with E-state index in [9.17, 15) is 4.79 Å². The summed E-state index contributed by atoms with van der Waals surface area (Å²) in [5.41, 5.74) is 3.61. The van der Waals surface area contributed by atoms with Crippen LogP contribution in [0.2, 0.25) is 0 Å². The van der Waals surface area contributed by atoms with Crippen molar-refractivity contribution in [3.05, 3.63) is 28.8 Å². The number of carbonyl (C=O) groups excluding carboxylic acids is 1. The van der Waals surface area contributed by atoms with Crippen LogP contribution in [0.25, 0.3) is 0 Å². The fraction of sp³-hybridized carbons (Fsp3) is 0.667. The highest BCUT2D eigenvalue weighted by molar-refractivity contribution is 5.83. The summed E-state index contributed by atoms with van der Waals surface area (Å²) in [6.07, 6.45) is 3.25. The quantitative estimate of drug-likeness (QED) is 0.898. The van der Waals surface area contributed by atoms with Crippen LogP contribution in [0, 0.1) is 19.3 Å². The number of rotatable bonds is 4. The van der Waals surface area contributed by atoms with Gasteiger partial charge in [-0.15, -0.1) is 0 Å². The lowest BCUT2D eigenvalue weighted by Gasteiger charge is -2.57. The molecule has 5 heteroatoms. The molecule has 1 aliphatic carbocycles. The SMILES string of the molecule is CCO[C@@H]1C[C@@H](NC(=O)[C@H]2Cc3cc(C)c(C)cc3O2)C12CCOCC2. The summed E-state index contributed by atoms with van der Waals surface area (Å²) in [5.74, 6) is 0.858. The minimum Gasteiger partial charge on any atom is -0.480 e. The average Bonchev–Trinajstić information content (AvgIpc) is 3.04. The van der Waals surface area contributed by atoms with E-state index in [1.807, 2.05) is 13.0 Å². The summed E-state index contributed by atoms with van der Waals surface area (Å²) in [6, 6.07) is 4.35. The first-order chi connectivity index (χ1) is 12.5. The predicted molar refractivity (Wildman–Crippen MR) is 98.5 cm³/mol. The summed E-state index contributed by atoms with van der Waals surface area (Å²) >= 11 is 0. The van der Waals surface area contributed by atoms with Crippen LogP contribution < -0.4 is 10.1 Å². The highest BCUT2D eigenvalue weighted by Crippen LogP contribution is 2.50. The zero-order valence-corrected chi connectivity index (χ0v) is 16.0. The Balaban J connectivity index is 1.42. The van der Waals surface area contributed by atoms with E-state index >= 15 is 0 Å². The van der Waals surface area contributed by atoms with Crippen LogP contribution in [0.5, 0.6) is 5.75 Å². The number of nitrogens with one attached hydrogen (secondary N) is 1. The molecule has 1 N–H and O–H groups in total. The zero-order valence-electron chi connectivity index (χ0n) is 16.0. The Morgan fingerprint density at radius 2 is 2.00 bits per heavy atom. The van der Waals surface area contributed by atoms with Gasteiger partial charge in [-0.25, -0.2) is 0 Å². The first-order valence-electron chi connectivity index (χ1n) is 9.80. The smallest absolute Gasteiger partial charge is 0.261 e. The molecule has 1 saturated carbocycles. The van der Waals surface area contributed by atoms with Crippen LogP contribution in [-0.2, 0) is 20.7 Å². The molecule has 1 amide bonds. The third-order valence-corrected chi connectivity index (χ3v) is 6.54. The summed E-state index contributed by atoms with van der Waals surface area (Å²) in [5, 5.41) is 3.27. The second-order valence-electron chi connectivity index (χ2n) is 7.94. The molecule has 2 heterocycles. The van der Waals surface area contributed by atoms with Gasteiger partial charge >= 0.3 is 0 Å². The van der Waals surface area contributed by atoms with E-state index in [1.54, 1.807) is 0 Å². The van der Waals surface area contributed by atoms with Crippen molar-refractivity contribution in [3.8, 4) is 5.75 Å². The highest BCUT2D eigenvalue weighted by Gasteiger charge is 2.57. The van der Waals surface area contributed by atoms with Gasteiger partial charge in [-0.1, -0.05) is 6.07 Å². The molecule has 0 bridgehead atoms. The van der Waals surface area contributed by atoms with Gasteiger partial charge in [-0.2, -0.15) is 0 Å². The molecule has 1 aromatic rings.